The quantitative estimate of drug-likeness (QED) is 0.649. The average molecular weight is 404 g/mol. The summed E-state index contributed by atoms with van der Waals surface area (Å²) in [7, 11) is 1.30. The van der Waals surface area contributed by atoms with E-state index in [-0.39, 0.29) is 11.9 Å². The summed E-state index contributed by atoms with van der Waals surface area (Å²) in [5.41, 5.74) is 1.56. The van der Waals surface area contributed by atoms with Crippen LogP contribution < -0.4 is 5.32 Å². The van der Waals surface area contributed by atoms with E-state index in [0.29, 0.717) is 32.6 Å². The minimum absolute atomic E-state index is 0.313. The lowest BCUT2D eigenvalue weighted by Gasteiger charge is -2.03. The lowest BCUT2D eigenvalue weighted by molar-refractivity contribution is 0.0530. The van der Waals surface area contributed by atoms with Crippen LogP contribution in [0.4, 0.5) is 5.13 Å². The summed E-state index contributed by atoms with van der Waals surface area (Å²) in [5, 5.41) is 3.18. The molecule has 140 valence electrons. The second-order valence-corrected chi connectivity index (χ2v) is 7.45. The van der Waals surface area contributed by atoms with Gasteiger partial charge in [-0.3, -0.25) is 10.1 Å². The number of hydrogen-bond donors (Lipinski definition) is 1. The van der Waals surface area contributed by atoms with Crippen LogP contribution >= 0.6 is 22.7 Å². The number of anilines is 1. The van der Waals surface area contributed by atoms with Gasteiger partial charge in [-0.25, -0.2) is 14.6 Å². The van der Waals surface area contributed by atoms with Crippen LogP contribution in [0.1, 0.15) is 42.9 Å². The minimum atomic E-state index is -0.463. The highest BCUT2D eigenvalue weighted by Crippen LogP contribution is 2.37. The van der Waals surface area contributed by atoms with E-state index in [0.717, 1.165) is 10.3 Å². The number of aryl methyl sites for hydroxylation is 1. The molecule has 3 aromatic rings. The SMILES string of the molecule is CCOC(=O)c1sc2nc(NC(=O)c3ccc(C(=O)OC)cc3)sc2c1C. The molecule has 0 spiro atoms. The van der Waals surface area contributed by atoms with Crippen LogP contribution in [0.25, 0.3) is 9.53 Å². The van der Waals surface area contributed by atoms with Gasteiger partial charge in [0, 0.05) is 5.56 Å². The molecule has 0 atom stereocenters. The molecule has 7 nitrogen and oxygen atoms in total. The van der Waals surface area contributed by atoms with Crippen molar-refractivity contribution in [1.82, 2.24) is 4.98 Å². The number of thiazole rings is 1. The molecule has 27 heavy (non-hydrogen) atoms. The molecule has 2 heterocycles. The zero-order valence-corrected chi connectivity index (χ0v) is 16.5. The molecule has 9 heteroatoms. The van der Waals surface area contributed by atoms with Crippen molar-refractivity contribution < 1.29 is 23.9 Å². The van der Waals surface area contributed by atoms with Crippen LogP contribution in [0.5, 0.6) is 0 Å². The molecule has 0 bridgehead atoms. The number of thiophene rings is 1. The number of carbonyl (C=O) groups is 3. The first kappa shape index (κ1) is 19.0. The number of benzene rings is 1. The van der Waals surface area contributed by atoms with Crippen molar-refractivity contribution in [3.8, 4) is 0 Å². The summed E-state index contributed by atoms with van der Waals surface area (Å²) in [6.07, 6.45) is 0. The van der Waals surface area contributed by atoms with Crippen LogP contribution in [0.2, 0.25) is 0 Å². The van der Waals surface area contributed by atoms with Gasteiger partial charge < -0.3 is 9.47 Å². The molecule has 0 aliphatic heterocycles. The highest BCUT2D eigenvalue weighted by atomic mass is 32.1. The molecule has 0 unspecified atom stereocenters. The largest absolute Gasteiger partial charge is 0.465 e. The lowest BCUT2D eigenvalue weighted by Crippen LogP contribution is -2.12. The van der Waals surface area contributed by atoms with Crippen LogP contribution in [-0.2, 0) is 9.47 Å². The Hall–Kier alpha value is -2.78. The minimum Gasteiger partial charge on any atom is -0.465 e. The first-order chi connectivity index (χ1) is 12.9. The van der Waals surface area contributed by atoms with Gasteiger partial charge in [0.25, 0.3) is 5.91 Å². The third-order valence-corrected chi connectivity index (χ3v) is 6.11. The normalized spacial score (nSPS) is 10.6. The molecule has 0 aliphatic carbocycles. The second kappa shape index (κ2) is 7.85. The number of esters is 2. The fourth-order valence-corrected chi connectivity index (χ4v) is 4.59. The number of rotatable bonds is 5. The zero-order chi connectivity index (χ0) is 19.6. The smallest absolute Gasteiger partial charge is 0.348 e. The van der Waals surface area contributed by atoms with Gasteiger partial charge >= 0.3 is 11.9 Å². The molecule has 2 aromatic heterocycles. The Bertz CT molecular complexity index is 1020. The van der Waals surface area contributed by atoms with Gasteiger partial charge in [-0.15, -0.1) is 11.3 Å². The van der Waals surface area contributed by atoms with E-state index in [1.807, 2.05) is 6.92 Å². The van der Waals surface area contributed by atoms with Crippen molar-refractivity contribution in [2.45, 2.75) is 13.8 Å². The molecule has 1 aromatic carbocycles. The molecular weight excluding hydrogens is 388 g/mol. The van der Waals surface area contributed by atoms with E-state index in [1.54, 1.807) is 19.1 Å². The predicted octanol–water partition coefficient (Wildman–Crippen LogP) is 3.88. The van der Waals surface area contributed by atoms with Crippen molar-refractivity contribution in [2.24, 2.45) is 0 Å². The van der Waals surface area contributed by atoms with Crippen molar-refractivity contribution in [2.75, 3.05) is 19.0 Å². The average Bonchev–Trinajstić information content (AvgIpc) is 3.20. The number of nitrogens with zero attached hydrogens (tertiary/aromatic N) is 1. The molecule has 0 saturated heterocycles. The van der Waals surface area contributed by atoms with E-state index in [2.05, 4.69) is 15.0 Å². The number of methoxy groups -OCH3 is 1. The lowest BCUT2D eigenvalue weighted by atomic mass is 10.1. The van der Waals surface area contributed by atoms with E-state index in [1.165, 1.54) is 41.9 Å². The number of amides is 1. The Kier molecular flexibility index (Phi) is 5.52. The fraction of sp³-hybridized carbons (Fsp3) is 0.222. The van der Waals surface area contributed by atoms with Crippen molar-refractivity contribution >= 4 is 55.2 Å². The highest BCUT2D eigenvalue weighted by Gasteiger charge is 2.20. The van der Waals surface area contributed by atoms with E-state index >= 15 is 0 Å². The molecule has 0 fully saturated rings. The molecule has 1 amide bonds. The first-order valence-corrected chi connectivity index (χ1v) is 9.64. The Morgan fingerprint density at radius 1 is 1.07 bits per heavy atom. The summed E-state index contributed by atoms with van der Waals surface area (Å²) in [5.74, 6) is -1.16. The third kappa shape index (κ3) is 3.83. The molecular formula is C18H16N2O5S2. The number of aromatic nitrogens is 1. The zero-order valence-electron chi connectivity index (χ0n) is 14.8. The van der Waals surface area contributed by atoms with Crippen molar-refractivity contribution in [3.05, 3.63) is 45.8 Å². The van der Waals surface area contributed by atoms with Gasteiger partial charge in [0.15, 0.2) is 5.13 Å². The summed E-state index contributed by atoms with van der Waals surface area (Å²) in [6.45, 7) is 3.90. The maximum atomic E-state index is 12.4. The topological polar surface area (TPSA) is 94.6 Å². The number of nitrogens with one attached hydrogen (secondary N) is 1. The molecule has 3 rings (SSSR count). The molecule has 0 aliphatic rings. The Balaban J connectivity index is 1.77. The maximum Gasteiger partial charge on any atom is 0.348 e. The van der Waals surface area contributed by atoms with Gasteiger partial charge in [-0.05, 0) is 43.7 Å². The number of fused-ring (bicyclic) bond motifs is 1. The fourth-order valence-electron chi connectivity index (χ4n) is 2.38. The predicted molar refractivity (Wildman–Crippen MR) is 104 cm³/mol. The molecule has 1 N–H and O–H groups in total. The molecule has 0 radical (unpaired) electrons. The third-order valence-electron chi connectivity index (χ3n) is 3.73. The van der Waals surface area contributed by atoms with Gasteiger partial charge in [-0.1, -0.05) is 11.3 Å². The second-order valence-electron chi connectivity index (χ2n) is 5.45. The summed E-state index contributed by atoms with van der Waals surface area (Å²) < 4.78 is 10.5. The van der Waals surface area contributed by atoms with Gasteiger partial charge in [0.1, 0.15) is 9.71 Å². The van der Waals surface area contributed by atoms with Gasteiger partial charge in [0.2, 0.25) is 0 Å². The number of ether oxygens (including phenoxy) is 2. The molecule has 0 saturated carbocycles. The van der Waals surface area contributed by atoms with E-state index < -0.39 is 5.97 Å². The van der Waals surface area contributed by atoms with Crippen molar-refractivity contribution in [1.29, 1.82) is 0 Å². The van der Waals surface area contributed by atoms with Gasteiger partial charge in [0.05, 0.1) is 24.0 Å². The Morgan fingerprint density at radius 3 is 2.33 bits per heavy atom. The van der Waals surface area contributed by atoms with E-state index in [4.69, 9.17) is 4.74 Å². The Labute approximate surface area is 162 Å². The summed E-state index contributed by atoms with van der Waals surface area (Å²) in [4.78, 5) is 41.4. The first-order valence-electron chi connectivity index (χ1n) is 8.01. The highest BCUT2D eigenvalue weighted by molar-refractivity contribution is 7.30. The van der Waals surface area contributed by atoms with Crippen molar-refractivity contribution in [3.63, 3.8) is 0 Å². The number of carbonyl (C=O) groups excluding carboxylic acids is 3. The van der Waals surface area contributed by atoms with E-state index in [9.17, 15) is 14.4 Å². The van der Waals surface area contributed by atoms with Gasteiger partial charge in [-0.2, -0.15) is 0 Å². The van der Waals surface area contributed by atoms with Crippen LogP contribution in [0.3, 0.4) is 0 Å². The number of hydrogen-bond acceptors (Lipinski definition) is 8. The van der Waals surface area contributed by atoms with Crippen LogP contribution in [0.15, 0.2) is 24.3 Å². The van der Waals surface area contributed by atoms with Crippen LogP contribution in [0, 0.1) is 6.92 Å². The van der Waals surface area contributed by atoms with Crippen LogP contribution in [-0.4, -0.2) is 36.5 Å². The summed E-state index contributed by atoms with van der Waals surface area (Å²) >= 11 is 2.55. The monoisotopic (exact) mass is 404 g/mol. The standard InChI is InChI=1S/C18H16N2O5S2/c1-4-25-17(23)13-9(2)12-15(26-13)20-18(27-12)19-14(21)10-5-7-11(8-6-10)16(22)24-3/h5-8H,4H2,1-3H3,(H,19,20,21). The Morgan fingerprint density at radius 2 is 1.74 bits per heavy atom. The summed E-state index contributed by atoms with van der Waals surface area (Å²) in [6, 6.07) is 6.14. The maximum absolute atomic E-state index is 12.4.